The Labute approximate surface area is 229 Å². The SMILES string of the molecule is O=C(CCCC(=O)Nc1ccc(/C=C/c2ccccc2)cc1)NCCc1ccc([C@H]2C[C@H](O)[C@@H](CO)O2)cc1. The summed E-state index contributed by atoms with van der Waals surface area (Å²) in [5, 5.41) is 24.9. The summed E-state index contributed by atoms with van der Waals surface area (Å²) in [6, 6.07) is 25.6. The largest absolute Gasteiger partial charge is 0.394 e. The van der Waals surface area contributed by atoms with Crippen LogP contribution < -0.4 is 10.6 Å². The average molecular weight is 529 g/mol. The molecule has 2 amide bonds. The van der Waals surface area contributed by atoms with Crippen LogP contribution in [0.4, 0.5) is 5.69 Å². The van der Waals surface area contributed by atoms with Crippen LogP contribution in [0.2, 0.25) is 0 Å². The van der Waals surface area contributed by atoms with E-state index in [1.54, 1.807) is 0 Å². The van der Waals surface area contributed by atoms with Crippen LogP contribution in [0.15, 0.2) is 78.9 Å². The number of aliphatic hydroxyl groups excluding tert-OH is 2. The van der Waals surface area contributed by atoms with E-state index in [1.165, 1.54) is 0 Å². The molecule has 1 aliphatic heterocycles. The van der Waals surface area contributed by atoms with Crippen molar-refractivity contribution >= 4 is 29.7 Å². The predicted octanol–water partition coefficient (Wildman–Crippen LogP) is 4.51. The molecule has 3 aromatic carbocycles. The van der Waals surface area contributed by atoms with Gasteiger partial charge in [0.15, 0.2) is 0 Å². The molecule has 1 fully saturated rings. The molecule has 0 spiro atoms. The first-order valence-electron chi connectivity index (χ1n) is 13.4. The average Bonchev–Trinajstić information content (AvgIpc) is 3.34. The summed E-state index contributed by atoms with van der Waals surface area (Å²) in [6.45, 7) is 0.322. The second-order valence-corrected chi connectivity index (χ2v) is 9.76. The van der Waals surface area contributed by atoms with Gasteiger partial charge in [-0.3, -0.25) is 9.59 Å². The highest BCUT2D eigenvalue weighted by Gasteiger charge is 2.34. The van der Waals surface area contributed by atoms with Crippen LogP contribution in [-0.4, -0.2) is 47.4 Å². The summed E-state index contributed by atoms with van der Waals surface area (Å²) >= 11 is 0. The Balaban J connectivity index is 1.10. The van der Waals surface area contributed by atoms with Gasteiger partial charge in [-0.05, 0) is 47.2 Å². The molecule has 1 aliphatic rings. The molecule has 0 unspecified atom stereocenters. The van der Waals surface area contributed by atoms with E-state index in [9.17, 15) is 19.8 Å². The molecule has 3 atom stereocenters. The van der Waals surface area contributed by atoms with Gasteiger partial charge in [-0.25, -0.2) is 0 Å². The highest BCUT2D eigenvalue weighted by Crippen LogP contribution is 2.32. The minimum atomic E-state index is -0.652. The number of carbonyl (C=O) groups is 2. The number of carbonyl (C=O) groups excluding carboxylic acids is 2. The fourth-order valence-electron chi connectivity index (χ4n) is 4.51. The normalized spacial score (nSPS) is 18.8. The van der Waals surface area contributed by atoms with Crippen molar-refractivity contribution in [2.24, 2.45) is 0 Å². The minimum absolute atomic E-state index is 0.0719. The predicted molar refractivity (Wildman–Crippen MR) is 153 cm³/mol. The molecule has 7 nitrogen and oxygen atoms in total. The van der Waals surface area contributed by atoms with Crippen molar-refractivity contribution in [2.45, 2.75) is 50.4 Å². The Morgan fingerprint density at radius 1 is 0.872 bits per heavy atom. The molecule has 39 heavy (non-hydrogen) atoms. The van der Waals surface area contributed by atoms with E-state index in [-0.39, 0.29) is 30.9 Å². The number of hydrogen-bond acceptors (Lipinski definition) is 5. The van der Waals surface area contributed by atoms with Crippen molar-refractivity contribution < 1.29 is 24.5 Å². The van der Waals surface area contributed by atoms with E-state index in [4.69, 9.17) is 4.74 Å². The molecule has 204 valence electrons. The molecule has 1 saturated heterocycles. The Hall–Kier alpha value is -3.78. The molecule has 0 bridgehead atoms. The van der Waals surface area contributed by atoms with Crippen molar-refractivity contribution in [3.8, 4) is 0 Å². The van der Waals surface area contributed by atoms with Crippen molar-refractivity contribution in [1.82, 2.24) is 5.32 Å². The Morgan fingerprint density at radius 3 is 2.21 bits per heavy atom. The van der Waals surface area contributed by atoms with Gasteiger partial charge >= 0.3 is 0 Å². The van der Waals surface area contributed by atoms with Gasteiger partial charge < -0.3 is 25.6 Å². The van der Waals surface area contributed by atoms with E-state index >= 15 is 0 Å². The second-order valence-electron chi connectivity index (χ2n) is 9.76. The van der Waals surface area contributed by atoms with E-state index < -0.39 is 12.2 Å². The summed E-state index contributed by atoms with van der Waals surface area (Å²) in [6.07, 6.45) is 4.88. The molecule has 0 aliphatic carbocycles. The molecule has 3 aromatic rings. The van der Waals surface area contributed by atoms with Crippen LogP contribution in [0.5, 0.6) is 0 Å². The topological polar surface area (TPSA) is 108 Å². The van der Waals surface area contributed by atoms with E-state index in [0.717, 1.165) is 27.9 Å². The van der Waals surface area contributed by atoms with Crippen LogP contribution in [0.1, 0.15) is 54.0 Å². The maximum atomic E-state index is 12.3. The molecular formula is C32H36N2O5. The number of nitrogens with one attached hydrogen (secondary N) is 2. The van der Waals surface area contributed by atoms with Gasteiger partial charge in [0.2, 0.25) is 11.8 Å². The lowest BCUT2D eigenvalue weighted by molar-refractivity contribution is -0.121. The van der Waals surface area contributed by atoms with Crippen molar-refractivity contribution in [3.63, 3.8) is 0 Å². The number of rotatable bonds is 12. The first-order chi connectivity index (χ1) is 19.0. The lowest BCUT2D eigenvalue weighted by atomic mass is 10.0. The number of hydrogen-bond donors (Lipinski definition) is 4. The standard InChI is InChI=1S/C32H36N2O5/c35-22-30-28(36)21-29(39-30)26-15-11-25(12-16-26)19-20-33-31(37)7-4-8-32(38)34-27-17-13-24(14-18-27)10-9-23-5-2-1-3-6-23/h1-3,5-6,9-18,28-30,35-36H,4,7-8,19-22H2,(H,33,37)(H,34,38)/b10-9+/t28-,29+,30+/m0/s1. The molecular weight excluding hydrogens is 492 g/mol. The number of benzene rings is 3. The molecule has 1 heterocycles. The molecule has 4 rings (SSSR count). The minimum Gasteiger partial charge on any atom is -0.394 e. The Bertz CT molecular complexity index is 1230. The summed E-state index contributed by atoms with van der Waals surface area (Å²) in [7, 11) is 0. The van der Waals surface area contributed by atoms with E-state index in [2.05, 4.69) is 10.6 Å². The smallest absolute Gasteiger partial charge is 0.224 e. The van der Waals surface area contributed by atoms with Crippen LogP contribution in [0.3, 0.4) is 0 Å². The Morgan fingerprint density at radius 2 is 1.54 bits per heavy atom. The van der Waals surface area contributed by atoms with Gasteiger partial charge in [-0.15, -0.1) is 0 Å². The zero-order valence-corrected chi connectivity index (χ0v) is 22.0. The molecule has 0 radical (unpaired) electrons. The zero-order chi connectivity index (χ0) is 27.5. The first-order valence-corrected chi connectivity index (χ1v) is 13.4. The van der Waals surface area contributed by atoms with Crippen LogP contribution in [0, 0.1) is 0 Å². The van der Waals surface area contributed by atoms with Gasteiger partial charge in [0.05, 0.1) is 18.8 Å². The van der Waals surface area contributed by atoms with Gasteiger partial charge in [0.1, 0.15) is 6.10 Å². The van der Waals surface area contributed by atoms with E-state index in [1.807, 2.05) is 91.0 Å². The summed E-state index contributed by atoms with van der Waals surface area (Å²) in [5.74, 6) is -0.183. The molecule has 4 N–H and O–H groups in total. The van der Waals surface area contributed by atoms with Gasteiger partial charge in [-0.2, -0.15) is 0 Å². The third-order valence-electron chi connectivity index (χ3n) is 6.76. The summed E-state index contributed by atoms with van der Waals surface area (Å²) < 4.78 is 5.69. The van der Waals surface area contributed by atoms with Gasteiger partial charge in [-0.1, -0.05) is 78.9 Å². The number of ether oxygens (including phenoxy) is 1. The number of aliphatic hydroxyl groups is 2. The number of amides is 2. The van der Waals surface area contributed by atoms with Gasteiger partial charge in [0, 0.05) is 31.5 Å². The first kappa shape index (κ1) is 28.2. The zero-order valence-electron chi connectivity index (χ0n) is 22.0. The van der Waals surface area contributed by atoms with Crippen molar-refractivity contribution in [2.75, 3.05) is 18.5 Å². The van der Waals surface area contributed by atoms with Crippen LogP contribution in [-0.2, 0) is 20.7 Å². The maximum Gasteiger partial charge on any atom is 0.224 e. The van der Waals surface area contributed by atoms with E-state index in [0.29, 0.717) is 32.2 Å². The third-order valence-corrected chi connectivity index (χ3v) is 6.76. The van der Waals surface area contributed by atoms with Crippen molar-refractivity contribution in [1.29, 1.82) is 0 Å². The summed E-state index contributed by atoms with van der Waals surface area (Å²) in [5.41, 5.74) is 4.95. The molecule has 7 heteroatoms. The quantitative estimate of drug-likeness (QED) is 0.259. The van der Waals surface area contributed by atoms with Crippen molar-refractivity contribution in [3.05, 3.63) is 101 Å². The molecule has 0 aromatic heterocycles. The highest BCUT2D eigenvalue weighted by molar-refractivity contribution is 5.91. The lowest BCUT2D eigenvalue weighted by Gasteiger charge is -2.13. The highest BCUT2D eigenvalue weighted by atomic mass is 16.5. The third kappa shape index (κ3) is 8.89. The lowest BCUT2D eigenvalue weighted by Crippen LogP contribution is -2.25. The van der Waals surface area contributed by atoms with Crippen LogP contribution in [0.25, 0.3) is 12.2 Å². The van der Waals surface area contributed by atoms with Crippen LogP contribution >= 0.6 is 0 Å². The van der Waals surface area contributed by atoms with Gasteiger partial charge in [0.25, 0.3) is 0 Å². The second kappa shape index (κ2) is 14.4. The molecule has 0 saturated carbocycles. The summed E-state index contributed by atoms with van der Waals surface area (Å²) in [4.78, 5) is 24.5. The monoisotopic (exact) mass is 528 g/mol. The fraction of sp³-hybridized carbons (Fsp3) is 0.312. The fourth-order valence-corrected chi connectivity index (χ4v) is 4.51. The maximum absolute atomic E-state index is 12.3. The Kier molecular flexibility index (Phi) is 10.4. The number of anilines is 1.